The van der Waals surface area contributed by atoms with Gasteiger partial charge in [0.2, 0.25) is 0 Å². The zero-order valence-electron chi connectivity index (χ0n) is 15.2. The number of carbonyl (C=O) groups excluding carboxylic acids is 2. The molecule has 0 rings (SSSR count). The van der Waals surface area contributed by atoms with Gasteiger partial charge in [-0.05, 0) is 12.8 Å². The Kier molecular flexibility index (Phi) is 13.2. The van der Waals surface area contributed by atoms with Gasteiger partial charge in [-0.25, -0.2) is 9.59 Å². The van der Waals surface area contributed by atoms with Gasteiger partial charge in [-0.3, -0.25) is 0 Å². The molecule has 0 fully saturated rings. The van der Waals surface area contributed by atoms with Crippen LogP contribution in [0.5, 0.6) is 0 Å². The molecule has 0 aliphatic rings. The van der Waals surface area contributed by atoms with Crippen LogP contribution in [0.3, 0.4) is 0 Å². The van der Waals surface area contributed by atoms with E-state index in [1.807, 2.05) is 4.90 Å². The first kappa shape index (κ1) is 21.5. The molecule has 5 heteroatoms. The van der Waals surface area contributed by atoms with Crippen molar-refractivity contribution in [1.82, 2.24) is 4.90 Å². The third-order valence-electron chi connectivity index (χ3n) is 3.75. The molecule has 0 N–H and O–H groups in total. The zero-order valence-corrected chi connectivity index (χ0v) is 15.2. The van der Waals surface area contributed by atoms with Crippen LogP contribution in [-0.4, -0.2) is 44.1 Å². The first-order valence-corrected chi connectivity index (χ1v) is 8.73. The third-order valence-corrected chi connectivity index (χ3v) is 3.75. The van der Waals surface area contributed by atoms with Crippen molar-refractivity contribution in [2.75, 3.05) is 27.3 Å². The van der Waals surface area contributed by atoms with Crippen molar-refractivity contribution in [3.63, 3.8) is 0 Å². The lowest BCUT2D eigenvalue weighted by Crippen LogP contribution is -2.31. The quantitative estimate of drug-likeness (QED) is 0.293. The Morgan fingerprint density at radius 2 is 1.35 bits per heavy atom. The fourth-order valence-corrected chi connectivity index (χ4v) is 2.37. The molecule has 5 nitrogen and oxygen atoms in total. The molecule has 0 aliphatic heterocycles. The van der Waals surface area contributed by atoms with E-state index < -0.39 is 11.9 Å². The lowest BCUT2D eigenvalue weighted by Gasteiger charge is -2.26. The summed E-state index contributed by atoms with van der Waals surface area (Å²) in [5.74, 6) is -1.01. The van der Waals surface area contributed by atoms with Crippen LogP contribution in [0.1, 0.15) is 65.2 Å². The van der Waals surface area contributed by atoms with Gasteiger partial charge in [-0.15, -0.1) is 0 Å². The molecule has 0 heterocycles. The van der Waals surface area contributed by atoms with Crippen LogP contribution in [-0.2, 0) is 19.1 Å². The number of esters is 2. The minimum Gasteiger partial charge on any atom is -0.466 e. The van der Waals surface area contributed by atoms with Crippen LogP contribution < -0.4 is 0 Å². The summed E-state index contributed by atoms with van der Waals surface area (Å²) in [6, 6.07) is 0. The number of rotatable bonds is 13. The molecule has 0 unspecified atom stereocenters. The summed E-state index contributed by atoms with van der Waals surface area (Å²) in [6.07, 6.45) is 10.2. The zero-order chi connectivity index (χ0) is 17.5. The van der Waals surface area contributed by atoms with E-state index in [1.165, 1.54) is 46.0 Å². The van der Waals surface area contributed by atoms with E-state index >= 15 is 0 Å². The van der Waals surface area contributed by atoms with Crippen LogP contribution in [0.4, 0.5) is 0 Å². The standard InChI is InChI=1S/C18H33NO4/c1-5-7-9-11-13-19(14-12-10-8-6-2)16(18(21)23-4)15-17(20)22-3/h15H,5-14H2,1-4H3/b16-15+. The van der Waals surface area contributed by atoms with E-state index in [2.05, 4.69) is 18.6 Å². The third kappa shape index (κ3) is 9.97. The Morgan fingerprint density at radius 1 is 0.826 bits per heavy atom. The fraction of sp³-hybridized carbons (Fsp3) is 0.778. The molecule has 0 atom stereocenters. The largest absolute Gasteiger partial charge is 0.466 e. The van der Waals surface area contributed by atoms with Gasteiger partial charge in [0, 0.05) is 13.1 Å². The maximum absolute atomic E-state index is 12.0. The summed E-state index contributed by atoms with van der Waals surface area (Å²) in [7, 11) is 2.64. The summed E-state index contributed by atoms with van der Waals surface area (Å²) in [5, 5.41) is 0. The number of carbonyl (C=O) groups is 2. The predicted octanol–water partition coefficient (Wildman–Crippen LogP) is 3.68. The monoisotopic (exact) mass is 327 g/mol. The Labute approximate surface area is 141 Å². The average molecular weight is 327 g/mol. The van der Waals surface area contributed by atoms with Crippen LogP contribution in [0.25, 0.3) is 0 Å². The van der Waals surface area contributed by atoms with Gasteiger partial charge < -0.3 is 14.4 Å². The molecule has 0 radical (unpaired) electrons. The normalized spacial score (nSPS) is 11.2. The molecule has 0 saturated heterocycles. The van der Waals surface area contributed by atoms with E-state index in [4.69, 9.17) is 4.74 Å². The highest BCUT2D eigenvalue weighted by Crippen LogP contribution is 2.13. The number of ether oxygens (including phenoxy) is 2. The van der Waals surface area contributed by atoms with Crippen molar-refractivity contribution in [2.45, 2.75) is 65.2 Å². The second-order valence-electron chi connectivity index (χ2n) is 5.65. The summed E-state index contributed by atoms with van der Waals surface area (Å²) in [6.45, 7) is 5.84. The second kappa shape index (κ2) is 14.1. The van der Waals surface area contributed by atoms with Gasteiger partial charge in [0.05, 0.1) is 20.3 Å². The highest BCUT2D eigenvalue weighted by Gasteiger charge is 2.19. The molecule has 23 heavy (non-hydrogen) atoms. The number of unbranched alkanes of at least 4 members (excludes halogenated alkanes) is 6. The Morgan fingerprint density at radius 3 is 1.74 bits per heavy atom. The molecule has 0 amide bonds. The summed E-state index contributed by atoms with van der Waals surface area (Å²) < 4.78 is 9.50. The fourth-order valence-electron chi connectivity index (χ4n) is 2.37. The van der Waals surface area contributed by atoms with E-state index in [9.17, 15) is 9.59 Å². The Balaban J connectivity index is 4.92. The van der Waals surface area contributed by atoms with Gasteiger partial charge in [0.15, 0.2) is 0 Å². The van der Waals surface area contributed by atoms with Gasteiger partial charge in [0.25, 0.3) is 0 Å². The van der Waals surface area contributed by atoms with Gasteiger partial charge in [0.1, 0.15) is 5.70 Å². The molecule has 0 aromatic carbocycles. The summed E-state index contributed by atoms with van der Waals surface area (Å²) in [5.41, 5.74) is 0.298. The highest BCUT2D eigenvalue weighted by molar-refractivity contribution is 5.95. The van der Waals surface area contributed by atoms with Crippen LogP contribution in [0.15, 0.2) is 11.8 Å². The highest BCUT2D eigenvalue weighted by atomic mass is 16.5. The maximum Gasteiger partial charge on any atom is 0.354 e. The van der Waals surface area contributed by atoms with Gasteiger partial charge in [-0.2, -0.15) is 0 Å². The Hall–Kier alpha value is -1.52. The van der Waals surface area contributed by atoms with Gasteiger partial charge in [-0.1, -0.05) is 52.4 Å². The van der Waals surface area contributed by atoms with Crippen molar-refractivity contribution >= 4 is 11.9 Å². The van der Waals surface area contributed by atoms with E-state index in [-0.39, 0.29) is 0 Å². The lowest BCUT2D eigenvalue weighted by molar-refractivity contribution is -0.140. The van der Waals surface area contributed by atoms with E-state index in [0.29, 0.717) is 5.70 Å². The Bertz CT molecular complexity index is 354. The van der Waals surface area contributed by atoms with Crippen molar-refractivity contribution in [1.29, 1.82) is 0 Å². The average Bonchev–Trinajstić information content (AvgIpc) is 2.57. The van der Waals surface area contributed by atoms with E-state index in [0.717, 1.165) is 38.8 Å². The minimum atomic E-state index is -0.530. The van der Waals surface area contributed by atoms with E-state index in [1.54, 1.807) is 0 Å². The summed E-state index contributed by atoms with van der Waals surface area (Å²) >= 11 is 0. The SMILES string of the molecule is CCCCCCN(CCCCCC)/C(=C/C(=O)OC)C(=O)OC. The molecular weight excluding hydrogens is 294 g/mol. The van der Waals surface area contributed by atoms with Crippen LogP contribution in [0.2, 0.25) is 0 Å². The molecule has 0 aromatic heterocycles. The minimum absolute atomic E-state index is 0.298. The van der Waals surface area contributed by atoms with Crippen LogP contribution in [0, 0.1) is 0 Å². The molecular formula is C18H33NO4. The molecule has 0 aliphatic carbocycles. The van der Waals surface area contributed by atoms with Gasteiger partial charge >= 0.3 is 11.9 Å². The van der Waals surface area contributed by atoms with Crippen LogP contribution >= 0.6 is 0 Å². The number of hydrogen-bond donors (Lipinski definition) is 0. The lowest BCUT2D eigenvalue weighted by atomic mass is 10.1. The molecule has 134 valence electrons. The topological polar surface area (TPSA) is 55.8 Å². The molecule has 0 spiro atoms. The second-order valence-corrected chi connectivity index (χ2v) is 5.65. The molecule has 0 bridgehead atoms. The molecule has 0 aromatic rings. The van der Waals surface area contributed by atoms with Crippen molar-refractivity contribution in [3.05, 3.63) is 11.8 Å². The molecule has 0 saturated carbocycles. The maximum atomic E-state index is 12.0. The van der Waals surface area contributed by atoms with Crippen molar-refractivity contribution in [2.24, 2.45) is 0 Å². The smallest absolute Gasteiger partial charge is 0.354 e. The predicted molar refractivity (Wildman–Crippen MR) is 92.0 cm³/mol. The number of methoxy groups -OCH3 is 2. The van der Waals surface area contributed by atoms with Crippen molar-refractivity contribution < 1.29 is 19.1 Å². The summed E-state index contributed by atoms with van der Waals surface area (Å²) in [4.78, 5) is 25.6. The number of hydrogen-bond acceptors (Lipinski definition) is 5. The first-order valence-electron chi connectivity index (χ1n) is 8.73. The first-order chi connectivity index (χ1) is 11.1. The van der Waals surface area contributed by atoms with Crippen molar-refractivity contribution in [3.8, 4) is 0 Å². The number of nitrogens with zero attached hydrogens (tertiary/aromatic N) is 1.